The van der Waals surface area contributed by atoms with E-state index < -0.39 is 5.91 Å². The Labute approximate surface area is 142 Å². The van der Waals surface area contributed by atoms with Gasteiger partial charge in [-0.25, -0.2) is 0 Å². The monoisotopic (exact) mass is 380 g/mol. The second kappa shape index (κ2) is 7.42. The summed E-state index contributed by atoms with van der Waals surface area (Å²) < 4.78 is 0.774. The van der Waals surface area contributed by atoms with Crippen molar-refractivity contribution in [1.29, 1.82) is 0 Å². The molecule has 0 bridgehead atoms. The summed E-state index contributed by atoms with van der Waals surface area (Å²) in [6, 6.07) is 12.3. The number of aryl methyl sites for hydroxylation is 1. The van der Waals surface area contributed by atoms with Crippen molar-refractivity contribution in [3.8, 4) is 0 Å². The second-order valence-corrected chi connectivity index (χ2v) is 6.06. The molecule has 4 nitrogen and oxygen atoms in total. The van der Waals surface area contributed by atoms with Gasteiger partial charge < -0.3 is 10.6 Å². The van der Waals surface area contributed by atoms with Crippen molar-refractivity contribution < 1.29 is 9.59 Å². The van der Waals surface area contributed by atoms with E-state index in [9.17, 15) is 9.59 Å². The Kier molecular flexibility index (Phi) is 5.57. The van der Waals surface area contributed by atoms with E-state index >= 15 is 0 Å². The van der Waals surface area contributed by atoms with Crippen LogP contribution in [0, 0.1) is 6.92 Å². The van der Waals surface area contributed by atoms with E-state index in [2.05, 4.69) is 26.6 Å². The van der Waals surface area contributed by atoms with Gasteiger partial charge in [0.2, 0.25) is 11.8 Å². The number of halogens is 2. The molecule has 0 fully saturated rings. The first-order chi connectivity index (χ1) is 10.4. The van der Waals surface area contributed by atoms with E-state index in [1.54, 1.807) is 30.3 Å². The predicted octanol–water partition coefficient (Wildman–Crippen LogP) is 4.38. The minimum absolute atomic E-state index is 0.271. The first kappa shape index (κ1) is 16.5. The molecule has 2 N–H and O–H groups in total. The van der Waals surface area contributed by atoms with Crippen LogP contribution < -0.4 is 10.6 Å². The largest absolute Gasteiger partial charge is 0.326 e. The molecule has 0 spiro atoms. The van der Waals surface area contributed by atoms with Crippen LogP contribution in [0.4, 0.5) is 11.4 Å². The number of nitrogens with one attached hydrogen (secondary N) is 2. The zero-order valence-corrected chi connectivity index (χ0v) is 14.2. The highest BCUT2D eigenvalue weighted by molar-refractivity contribution is 9.10. The first-order valence-electron chi connectivity index (χ1n) is 6.55. The van der Waals surface area contributed by atoms with Crippen LogP contribution in [-0.4, -0.2) is 11.8 Å². The number of hydrogen-bond donors (Lipinski definition) is 2. The molecular formula is C16H14BrClN2O2. The van der Waals surface area contributed by atoms with Crippen LogP contribution >= 0.6 is 27.5 Å². The number of rotatable bonds is 4. The molecule has 0 saturated heterocycles. The summed E-state index contributed by atoms with van der Waals surface area (Å²) in [5, 5.41) is 5.84. The molecule has 0 unspecified atom stereocenters. The molecule has 2 rings (SSSR count). The Hall–Kier alpha value is -1.85. The van der Waals surface area contributed by atoms with Gasteiger partial charge >= 0.3 is 0 Å². The molecule has 114 valence electrons. The number of benzene rings is 2. The summed E-state index contributed by atoms with van der Waals surface area (Å²) in [6.07, 6.45) is -0.271. The summed E-state index contributed by atoms with van der Waals surface area (Å²) in [5.74, 6) is -0.785. The van der Waals surface area contributed by atoms with Crippen molar-refractivity contribution in [2.24, 2.45) is 0 Å². The van der Waals surface area contributed by atoms with E-state index in [0.717, 1.165) is 10.0 Å². The Bertz CT molecular complexity index is 719. The third kappa shape index (κ3) is 4.86. The molecular weight excluding hydrogens is 368 g/mol. The van der Waals surface area contributed by atoms with E-state index in [-0.39, 0.29) is 12.3 Å². The van der Waals surface area contributed by atoms with Gasteiger partial charge in [0, 0.05) is 15.2 Å². The Morgan fingerprint density at radius 2 is 1.82 bits per heavy atom. The highest BCUT2D eigenvalue weighted by atomic mass is 79.9. The van der Waals surface area contributed by atoms with Crippen LogP contribution in [0.3, 0.4) is 0 Å². The fourth-order valence-electron chi connectivity index (χ4n) is 1.83. The van der Waals surface area contributed by atoms with Crippen molar-refractivity contribution >= 4 is 50.7 Å². The topological polar surface area (TPSA) is 58.2 Å². The van der Waals surface area contributed by atoms with Crippen LogP contribution in [0.25, 0.3) is 0 Å². The zero-order valence-electron chi connectivity index (χ0n) is 11.8. The predicted molar refractivity (Wildman–Crippen MR) is 92.2 cm³/mol. The van der Waals surface area contributed by atoms with Crippen molar-refractivity contribution in [2.45, 2.75) is 13.3 Å². The molecule has 0 atom stereocenters. The molecule has 2 aromatic rings. The standard InChI is InChI=1S/C16H14BrClN2O2/c1-10-5-6-14(13(17)7-10)20-16(22)9-15(21)19-12-4-2-3-11(18)8-12/h2-8H,9H2,1H3,(H,19,21)(H,20,22). The van der Waals surface area contributed by atoms with E-state index in [0.29, 0.717) is 16.4 Å². The summed E-state index contributed by atoms with van der Waals surface area (Å²) in [5.41, 5.74) is 2.26. The summed E-state index contributed by atoms with van der Waals surface area (Å²) in [7, 11) is 0. The second-order valence-electron chi connectivity index (χ2n) is 4.77. The SMILES string of the molecule is Cc1ccc(NC(=O)CC(=O)Nc2cccc(Cl)c2)c(Br)c1. The smallest absolute Gasteiger partial charge is 0.233 e. The molecule has 22 heavy (non-hydrogen) atoms. The van der Waals surface area contributed by atoms with Crippen LogP contribution in [0.15, 0.2) is 46.9 Å². The van der Waals surface area contributed by atoms with Gasteiger partial charge in [-0.1, -0.05) is 23.7 Å². The van der Waals surface area contributed by atoms with Gasteiger partial charge in [-0.2, -0.15) is 0 Å². The number of carbonyl (C=O) groups excluding carboxylic acids is 2. The maximum atomic E-state index is 11.9. The molecule has 2 aromatic carbocycles. The van der Waals surface area contributed by atoms with E-state index in [1.807, 2.05) is 19.1 Å². The molecule has 0 saturated carbocycles. The van der Waals surface area contributed by atoms with Gasteiger partial charge in [-0.15, -0.1) is 0 Å². The van der Waals surface area contributed by atoms with Gasteiger partial charge in [0.05, 0.1) is 5.69 Å². The maximum absolute atomic E-state index is 11.9. The molecule has 0 aliphatic rings. The highest BCUT2D eigenvalue weighted by Crippen LogP contribution is 2.23. The Morgan fingerprint density at radius 1 is 1.09 bits per heavy atom. The van der Waals surface area contributed by atoms with Gasteiger partial charge in [-0.05, 0) is 58.7 Å². The fraction of sp³-hybridized carbons (Fsp3) is 0.125. The average molecular weight is 382 g/mol. The van der Waals surface area contributed by atoms with Crippen molar-refractivity contribution in [1.82, 2.24) is 0 Å². The number of amides is 2. The molecule has 0 aliphatic heterocycles. The van der Waals surface area contributed by atoms with Crippen molar-refractivity contribution in [3.63, 3.8) is 0 Å². The normalized spacial score (nSPS) is 10.1. The Morgan fingerprint density at radius 3 is 2.50 bits per heavy atom. The summed E-state index contributed by atoms with van der Waals surface area (Å²) in [4.78, 5) is 23.7. The lowest BCUT2D eigenvalue weighted by Crippen LogP contribution is -2.21. The van der Waals surface area contributed by atoms with Crippen LogP contribution in [0.2, 0.25) is 5.02 Å². The number of anilines is 2. The maximum Gasteiger partial charge on any atom is 0.233 e. The van der Waals surface area contributed by atoms with Gasteiger partial charge in [0.25, 0.3) is 0 Å². The van der Waals surface area contributed by atoms with Gasteiger partial charge in [0.1, 0.15) is 6.42 Å². The third-order valence-electron chi connectivity index (χ3n) is 2.83. The van der Waals surface area contributed by atoms with Crippen LogP contribution in [-0.2, 0) is 9.59 Å². The molecule has 0 radical (unpaired) electrons. The fourth-order valence-corrected chi connectivity index (χ4v) is 2.62. The van der Waals surface area contributed by atoms with Crippen molar-refractivity contribution in [2.75, 3.05) is 10.6 Å². The summed E-state index contributed by atoms with van der Waals surface area (Å²) in [6.45, 7) is 1.95. The molecule has 0 aromatic heterocycles. The molecule has 2 amide bonds. The van der Waals surface area contributed by atoms with E-state index in [4.69, 9.17) is 11.6 Å². The average Bonchev–Trinajstić information content (AvgIpc) is 2.41. The number of hydrogen-bond acceptors (Lipinski definition) is 2. The highest BCUT2D eigenvalue weighted by Gasteiger charge is 2.11. The summed E-state index contributed by atoms with van der Waals surface area (Å²) >= 11 is 9.21. The lowest BCUT2D eigenvalue weighted by atomic mass is 10.2. The van der Waals surface area contributed by atoms with Crippen molar-refractivity contribution in [3.05, 3.63) is 57.5 Å². The first-order valence-corrected chi connectivity index (χ1v) is 7.72. The zero-order chi connectivity index (χ0) is 16.1. The molecule has 0 aliphatic carbocycles. The number of carbonyl (C=O) groups is 2. The minimum Gasteiger partial charge on any atom is -0.326 e. The van der Waals surface area contributed by atoms with Gasteiger partial charge in [0.15, 0.2) is 0 Å². The Balaban J connectivity index is 1.92. The third-order valence-corrected chi connectivity index (χ3v) is 3.72. The minimum atomic E-state index is -0.400. The van der Waals surface area contributed by atoms with Crippen LogP contribution in [0.5, 0.6) is 0 Å². The lowest BCUT2D eigenvalue weighted by Gasteiger charge is -2.09. The van der Waals surface area contributed by atoms with E-state index in [1.165, 1.54) is 0 Å². The van der Waals surface area contributed by atoms with Crippen LogP contribution in [0.1, 0.15) is 12.0 Å². The lowest BCUT2D eigenvalue weighted by molar-refractivity contribution is -0.123. The van der Waals surface area contributed by atoms with Gasteiger partial charge in [-0.3, -0.25) is 9.59 Å². The molecule has 6 heteroatoms. The quantitative estimate of drug-likeness (QED) is 0.772. The molecule has 0 heterocycles.